The van der Waals surface area contributed by atoms with E-state index in [0.29, 0.717) is 87.9 Å². The second-order valence-corrected chi connectivity index (χ2v) is 23.8. The summed E-state index contributed by atoms with van der Waals surface area (Å²) in [5.41, 5.74) is 17.8. The Balaban J connectivity index is 0.000000201. The number of ether oxygens (including phenoxy) is 3. The van der Waals surface area contributed by atoms with Gasteiger partial charge in [-0.1, -0.05) is 63.8 Å². The molecule has 3 fully saturated rings. The van der Waals surface area contributed by atoms with E-state index < -0.39 is 18.1 Å². The van der Waals surface area contributed by atoms with Crippen molar-refractivity contribution in [3.8, 4) is 11.5 Å². The van der Waals surface area contributed by atoms with Gasteiger partial charge in [0, 0.05) is 48.7 Å². The molecule has 91 heavy (non-hydrogen) atoms. The Kier molecular flexibility index (Phi) is 20.6. The molecule has 2 aromatic heterocycles. The summed E-state index contributed by atoms with van der Waals surface area (Å²) in [6.45, 7) is 4.06. The van der Waals surface area contributed by atoms with Crippen LogP contribution in [-0.4, -0.2) is 131 Å². The van der Waals surface area contributed by atoms with Crippen molar-refractivity contribution >= 4 is 93.2 Å². The number of nitrogens with zero attached hydrogens (tertiary/aromatic N) is 8. The van der Waals surface area contributed by atoms with E-state index >= 15 is 0 Å². The van der Waals surface area contributed by atoms with E-state index in [4.69, 9.17) is 40.8 Å². The monoisotopic (exact) mass is 1240 g/mol. The molecule has 24 heteroatoms. The molecule has 0 bridgehead atoms. The summed E-state index contributed by atoms with van der Waals surface area (Å²) in [5, 5.41) is 21.2. The number of likely N-dealkylation sites (N-methyl/N-ethyl adjacent to an activating group) is 2. The van der Waals surface area contributed by atoms with Crippen molar-refractivity contribution in [3.63, 3.8) is 0 Å². The molecule has 5 aliphatic rings. The summed E-state index contributed by atoms with van der Waals surface area (Å²) in [4.78, 5) is 102. The Labute approximate surface area is 529 Å². The number of carbonyl (C=O) groups excluding carboxylic acids is 5. The van der Waals surface area contributed by atoms with E-state index in [1.165, 1.54) is 14.2 Å². The topological polar surface area (TPSA) is 315 Å². The third kappa shape index (κ3) is 14.8. The number of esters is 1. The van der Waals surface area contributed by atoms with Crippen molar-refractivity contribution in [2.45, 2.75) is 159 Å². The molecule has 11 rings (SSSR count). The van der Waals surface area contributed by atoms with Crippen LogP contribution >= 0.6 is 0 Å². The predicted molar refractivity (Wildman–Crippen MR) is 349 cm³/mol. The zero-order valence-electron chi connectivity index (χ0n) is 52.4. The molecule has 4 atom stereocenters. The molecule has 24 nitrogen and oxygen atoms in total. The number of carboxylic acid groups (broad SMARTS) is 1. The largest absolute Gasteiger partial charge is 0.495 e. The normalized spacial score (nSPS) is 18.2. The highest BCUT2D eigenvalue weighted by atomic mass is 16.5. The van der Waals surface area contributed by atoms with Crippen LogP contribution in [0.4, 0.5) is 57.7 Å². The summed E-state index contributed by atoms with van der Waals surface area (Å²) >= 11 is 0. The van der Waals surface area contributed by atoms with E-state index in [1.807, 2.05) is 26.0 Å². The third-order valence-corrected chi connectivity index (χ3v) is 17.8. The molecule has 0 saturated heterocycles. The van der Waals surface area contributed by atoms with Crippen molar-refractivity contribution in [2.75, 3.05) is 69.2 Å². The van der Waals surface area contributed by atoms with Crippen LogP contribution in [0.5, 0.6) is 11.5 Å². The number of amides is 4. The van der Waals surface area contributed by atoms with Crippen LogP contribution in [0.3, 0.4) is 0 Å². The minimum absolute atomic E-state index is 0.0159. The van der Waals surface area contributed by atoms with E-state index in [2.05, 4.69) is 41.0 Å². The number of benzene rings is 4. The highest BCUT2D eigenvalue weighted by Crippen LogP contribution is 2.43. The molecular weight excluding hydrogens is 1160 g/mol. The maximum Gasteiger partial charge on any atom is 0.323 e. The van der Waals surface area contributed by atoms with Crippen LogP contribution in [0.25, 0.3) is 0 Å². The predicted octanol–water partition coefficient (Wildman–Crippen LogP) is 9.28. The quantitative estimate of drug-likeness (QED) is 0.0330. The van der Waals surface area contributed by atoms with Gasteiger partial charge in [-0.2, -0.15) is 9.97 Å². The number of aromatic nitrogens is 4. The lowest BCUT2D eigenvalue weighted by Gasteiger charge is -2.43. The first-order chi connectivity index (χ1) is 43.9. The van der Waals surface area contributed by atoms with Gasteiger partial charge in [-0.25, -0.2) is 9.97 Å². The number of nitrogens with two attached hydrogens (primary N) is 2. The molecule has 4 amide bonds. The van der Waals surface area contributed by atoms with E-state index in [0.717, 1.165) is 99.8 Å². The van der Waals surface area contributed by atoms with Crippen molar-refractivity contribution < 1.29 is 48.1 Å². The summed E-state index contributed by atoms with van der Waals surface area (Å²) < 4.78 is 16.8. The summed E-state index contributed by atoms with van der Waals surface area (Å²) in [6, 6.07) is 22.5. The van der Waals surface area contributed by atoms with Crippen LogP contribution < -0.4 is 61.8 Å². The average Bonchev–Trinajstić information content (AvgIpc) is 1.65. The van der Waals surface area contributed by atoms with Crippen molar-refractivity contribution in [1.82, 2.24) is 19.9 Å². The van der Waals surface area contributed by atoms with Gasteiger partial charge in [0.1, 0.15) is 53.1 Å². The van der Waals surface area contributed by atoms with E-state index in [-0.39, 0.29) is 66.3 Å². The Morgan fingerprint density at radius 3 is 1.36 bits per heavy atom. The summed E-state index contributed by atoms with van der Waals surface area (Å²) in [5.74, 6) is 1.14. The number of nitrogens with one attached hydrogen (secondary N) is 4. The maximum absolute atomic E-state index is 13.2. The fourth-order valence-corrected chi connectivity index (χ4v) is 12.8. The van der Waals surface area contributed by atoms with Crippen LogP contribution in [0.15, 0.2) is 97.3 Å². The standard InChI is InChI=1S/C36H45N7O5.C31H37N7O5/c1-4-29-34(45)42(2)30-21-38-36(41-32(30)43(29)25-9-5-6-10-25)40-28-18-15-23(20-31(28)47-3)33(44)39-24-16-13-22(14-17-24)19-27(37)35(46)48-26-11-7-8-12-26;1-4-24-29(40)37(2)25-17-33-31(36-27(25)38(24)21-7-5-6-8-21)35-23-14-11-19(16-26(23)43-3)28(39)34-20-12-9-18(10-13-20)15-22(32)30(41)42/h13-18,20-21,25-27,29H,4-12,19,37H2,1-3H3,(H,39,44)(H,38,40,41);9-14,16-17,21-22,24H,4-8,15,32H2,1-3H3,(H,34,39)(H,41,42)(H,33,35,36)/t27-,29+;22-,24+/m00/s1. The van der Waals surface area contributed by atoms with Crippen molar-refractivity contribution in [2.24, 2.45) is 11.5 Å². The first-order valence-corrected chi connectivity index (χ1v) is 31.5. The second kappa shape index (κ2) is 29.0. The molecule has 480 valence electrons. The number of aliphatic carboxylic acids is 1. The van der Waals surface area contributed by atoms with Gasteiger partial charge >= 0.3 is 11.9 Å². The van der Waals surface area contributed by atoms with Gasteiger partial charge in [0.15, 0.2) is 11.6 Å². The number of anilines is 10. The number of hydrogen-bond donors (Lipinski definition) is 7. The zero-order valence-corrected chi connectivity index (χ0v) is 52.4. The minimum atomic E-state index is -1.07. The van der Waals surface area contributed by atoms with E-state index in [1.54, 1.807) is 109 Å². The Morgan fingerprint density at radius 1 is 0.582 bits per heavy atom. The number of carboxylic acids is 1. The molecular formula is C67H82N14O10. The van der Waals surface area contributed by atoms with Gasteiger partial charge in [0.2, 0.25) is 23.7 Å². The van der Waals surface area contributed by atoms with Gasteiger partial charge in [0.25, 0.3) is 11.8 Å². The fraction of sp³-hybridized carbons (Fsp3) is 0.433. The van der Waals surface area contributed by atoms with E-state index in [9.17, 15) is 28.8 Å². The summed E-state index contributed by atoms with van der Waals surface area (Å²) in [7, 11) is 6.60. The van der Waals surface area contributed by atoms with Crippen LogP contribution in [0.2, 0.25) is 0 Å². The minimum Gasteiger partial charge on any atom is -0.495 e. The molecule has 0 unspecified atom stereocenters. The Hall–Kier alpha value is -9.42. The molecule has 4 heterocycles. The molecule has 9 N–H and O–H groups in total. The Morgan fingerprint density at radius 2 is 0.978 bits per heavy atom. The summed E-state index contributed by atoms with van der Waals surface area (Å²) in [6.07, 6.45) is 17.9. The highest BCUT2D eigenvalue weighted by Gasteiger charge is 2.43. The maximum atomic E-state index is 13.2. The molecule has 0 spiro atoms. The van der Waals surface area contributed by atoms with Gasteiger partial charge in [-0.15, -0.1) is 0 Å². The zero-order chi connectivity index (χ0) is 64.5. The first kappa shape index (κ1) is 64.6. The lowest BCUT2D eigenvalue weighted by molar-refractivity contribution is -0.150. The first-order valence-electron chi connectivity index (χ1n) is 31.5. The molecule has 3 saturated carbocycles. The van der Waals surface area contributed by atoms with Crippen LogP contribution in [0.1, 0.15) is 136 Å². The molecule has 3 aliphatic carbocycles. The fourth-order valence-electron chi connectivity index (χ4n) is 12.8. The smallest absolute Gasteiger partial charge is 0.323 e. The van der Waals surface area contributed by atoms with Crippen molar-refractivity contribution in [3.05, 3.63) is 120 Å². The molecule has 4 aromatic carbocycles. The molecule has 0 radical (unpaired) electrons. The van der Waals surface area contributed by atoms with Gasteiger partial charge in [0.05, 0.1) is 38.0 Å². The number of methoxy groups -OCH3 is 2. The lowest BCUT2D eigenvalue weighted by atomic mass is 10.0. The number of rotatable bonds is 21. The number of carbonyl (C=O) groups is 6. The second-order valence-electron chi connectivity index (χ2n) is 23.8. The van der Waals surface area contributed by atoms with Gasteiger partial charge in [-0.3, -0.25) is 28.8 Å². The van der Waals surface area contributed by atoms with Gasteiger partial charge < -0.3 is 71.7 Å². The van der Waals surface area contributed by atoms with Crippen LogP contribution in [0, 0.1) is 0 Å². The van der Waals surface area contributed by atoms with Crippen LogP contribution in [-0.2, 0) is 36.8 Å². The van der Waals surface area contributed by atoms with Crippen molar-refractivity contribution in [1.29, 1.82) is 0 Å². The molecule has 2 aliphatic heterocycles. The molecule has 6 aromatic rings. The van der Waals surface area contributed by atoms with Gasteiger partial charge in [-0.05, 0) is 149 Å². The number of fused-ring (bicyclic) bond motifs is 2. The number of hydrogen-bond acceptors (Lipinski definition) is 19. The SMILES string of the molecule is CC[C@@H]1C(=O)N(C)c2cnc(Nc3ccc(C(=O)Nc4ccc(C[C@H](N)C(=O)O)cc4)cc3OC)nc2N1C1CCCC1.CC[C@@H]1C(=O)N(C)c2cnc(Nc3ccc(C(=O)Nc4ccc(C[C@H](N)C(=O)OC5CCCC5)cc4)cc3OC)nc2N1C1CCCC1. The average molecular weight is 1240 g/mol. The third-order valence-electron chi connectivity index (χ3n) is 17.8. The highest BCUT2D eigenvalue weighted by molar-refractivity contribution is 6.07. The lowest BCUT2D eigenvalue weighted by Crippen LogP contribution is -2.55. The Bertz CT molecular complexity index is 3610.